The Hall–Kier alpha value is -1.96. The fourth-order valence-corrected chi connectivity index (χ4v) is 4.41. The van der Waals surface area contributed by atoms with Crippen LogP contribution in [0.3, 0.4) is 0 Å². The number of aromatic nitrogens is 3. The molecule has 8 heteroatoms. The van der Waals surface area contributed by atoms with Crippen LogP contribution in [0.4, 0.5) is 0 Å². The smallest absolute Gasteiger partial charge is 0.290 e. The van der Waals surface area contributed by atoms with Crippen LogP contribution in [-0.2, 0) is 16.1 Å². The largest absolute Gasteiger partial charge is 0.483 e. The summed E-state index contributed by atoms with van der Waals surface area (Å²) in [5.74, 6) is 1.91. The van der Waals surface area contributed by atoms with Crippen LogP contribution < -0.4 is 0 Å². The van der Waals surface area contributed by atoms with Gasteiger partial charge in [-0.1, -0.05) is 0 Å². The standard InChI is InChI=1S/C17H29N5O.CH2O2/c1-20(2)15-7-13-9-16(10-14(13)8-15)21(3)17(23)5-4-6-22-12-18-11-19-22;2-1-3/h11-16H,4-10H2,1-3H3;1H,(H,2,3)/t13-,14+,15?,16?;. The molecular formula is C18H31N5O3. The lowest BCUT2D eigenvalue weighted by molar-refractivity contribution is -0.132. The third-order valence-electron chi connectivity index (χ3n) is 5.88. The predicted octanol–water partition coefficient (Wildman–Crippen LogP) is 1.34. The van der Waals surface area contributed by atoms with Gasteiger partial charge in [0.2, 0.25) is 5.91 Å². The van der Waals surface area contributed by atoms with Crippen molar-refractivity contribution in [3.63, 3.8) is 0 Å². The lowest BCUT2D eigenvalue weighted by Crippen LogP contribution is -2.36. The zero-order valence-electron chi connectivity index (χ0n) is 16.0. The fraction of sp³-hybridized carbons (Fsp3) is 0.778. The van der Waals surface area contributed by atoms with Crippen LogP contribution in [0, 0.1) is 11.8 Å². The van der Waals surface area contributed by atoms with Gasteiger partial charge in [-0.15, -0.1) is 0 Å². The number of carbonyl (C=O) groups is 2. The Labute approximate surface area is 155 Å². The predicted molar refractivity (Wildman–Crippen MR) is 97.4 cm³/mol. The van der Waals surface area contributed by atoms with E-state index in [1.807, 2.05) is 11.9 Å². The first-order chi connectivity index (χ1) is 12.5. The minimum atomic E-state index is -0.250. The van der Waals surface area contributed by atoms with Gasteiger partial charge in [0.05, 0.1) is 0 Å². The highest BCUT2D eigenvalue weighted by Crippen LogP contribution is 2.46. The zero-order chi connectivity index (χ0) is 19.1. The van der Waals surface area contributed by atoms with E-state index in [1.165, 1.54) is 32.0 Å². The van der Waals surface area contributed by atoms with Crippen LogP contribution in [0.2, 0.25) is 0 Å². The molecule has 0 spiro atoms. The van der Waals surface area contributed by atoms with Gasteiger partial charge in [-0.2, -0.15) is 5.10 Å². The molecular weight excluding hydrogens is 334 g/mol. The Bertz CT molecular complexity index is 549. The molecule has 0 radical (unpaired) electrons. The van der Waals surface area contributed by atoms with E-state index in [4.69, 9.17) is 9.90 Å². The van der Waals surface area contributed by atoms with Gasteiger partial charge in [0.25, 0.3) is 6.47 Å². The molecule has 8 nitrogen and oxygen atoms in total. The molecule has 2 saturated carbocycles. The maximum Gasteiger partial charge on any atom is 0.290 e. The van der Waals surface area contributed by atoms with E-state index in [0.717, 1.165) is 30.8 Å². The summed E-state index contributed by atoms with van der Waals surface area (Å²) in [5.41, 5.74) is 0. The number of amides is 1. The summed E-state index contributed by atoms with van der Waals surface area (Å²) in [6.07, 6.45) is 9.67. The Morgan fingerprint density at radius 2 is 1.77 bits per heavy atom. The van der Waals surface area contributed by atoms with E-state index in [0.29, 0.717) is 12.5 Å². The topological polar surface area (TPSA) is 91.6 Å². The van der Waals surface area contributed by atoms with Crippen molar-refractivity contribution in [2.45, 2.75) is 57.2 Å². The molecule has 0 aromatic carbocycles. The van der Waals surface area contributed by atoms with Gasteiger partial charge in [0.15, 0.2) is 0 Å². The second-order valence-electron chi connectivity index (χ2n) is 7.61. The third-order valence-corrected chi connectivity index (χ3v) is 5.88. The number of fused-ring (bicyclic) bond motifs is 1. The normalized spacial score (nSPS) is 26.9. The van der Waals surface area contributed by atoms with Gasteiger partial charge >= 0.3 is 0 Å². The number of carboxylic acid groups (broad SMARTS) is 1. The highest BCUT2D eigenvalue weighted by Gasteiger charge is 2.43. The Balaban J connectivity index is 0.000000758. The summed E-state index contributed by atoms with van der Waals surface area (Å²) in [7, 11) is 6.37. The molecule has 1 N–H and O–H groups in total. The number of hydrogen-bond acceptors (Lipinski definition) is 5. The second-order valence-corrected chi connectivity index (χ2v) is 7.61. The van der Waals surface area contributed by atoms with E-state index >= 15 is 0 Å². The highest BCUT2D eigenvalue weighted by atomic mass is 16.3. The highest BCUT2D eigenvalue weighted by molar-refractivity contribution is 5.76. The minimum Gasteiger partial charge on any atom is -0.483 e. The molecule has 1 aromatic heterocycles. The Morgan fingerprint density at radius 1 is 1.19 bits per heavy atom. The molecule has 1 aromatic rings. The molecule has 146 valence electrons. The molecule has 1 heterocycles. The van der Waals surface area contributed by atoms with Crippen LogP contribution in [0.1, 0.15) is 38.5 Å². The van der Waals surface area contributed by atoms with Gasteiger partial charge < -0.3 is 14.9 Å². The average Bonchev–Trinajstić information content (AvgIpc) is 3.30. The van der Waals surface area contributed by atoms with Crippen LogP contribution in [0.25, 0.3) is 0 Å². The summed E-state index contributed by atoms with van der Waals surface area (Å²) >= 11 is 0. The maximum absolute atomic E-state index is 12.4. The maximum atomic E-state index is 12.4. The van der Waals surface area contributed by atoms with Crippen LogP contribution in [0.15, 0.2) is 12.7 Å². The summed E-state index contributed by atoms with van der Waals surface area (Å²) in [5, 5.41) is 11.0. The van der Waals surface area contributed by atoms with Crippen LogP contribution in [-0.4, -0.2) is 75.3 Å². The van der Waals surface area contributed by atoms with Crippen molar-refractivity contribution in [1.82, 2.24) is 24.6 Å². The van der Waals surface area contributed by atoms with E-state index < -0.39 is 0 Å². The first kappa shape index (κ1) is 20.4. The summed E-state index contributed by atoms with van der Waals surface area (Å²) < 4.78 is 1.79. The van der Waals surface area contributed by atoms with Crippen molar-refractivity contribution in [3.05, 3.63) is 12.7 Å². The number of nitrogens with zero attached hydrogens (tertiary/aromatic N) is 5. The SMILES string of the molecule is CN(C)C1C[C@@H]2CC(N(C)C(=O)CCCn3cncn3)C[C@@H]2C1.O=CO. The van der Waals surface area contributed by atoms with Gasteiger partial charge in [-0.3, -0.25) is 14.3 Å². The molecule has 2 unspecified atom stereocenters. The van der Waals surface area contributed by atoms with Crippen molar-refractivity contribution in [3.8, 4) is 0 Å². The zero-order valence-corrected chi connectivity index (χ0v) is 16.0. The van der Waals surface area contributed by atoms with Crippen molar-refractivity contribution in [2.24, 2.45) is 11.8 Å². The van der Waals surface area contributed by atoms with Crippen molar-refractivity contribution < 1.29 is 14.7 Å². The molecule has 26 heavy (non-hydrogen) atoms. The molecule has 0 saturated heterocycles. The van der Waals surface area contributed by atoms with Crippen LogP contribution in [0.5, 0.6) is 0 Å². The monoisotopic (exact) mass is 365 g/mol. The second kappa shape index (κ2) is 9.66. The number of carbonyl (C=O) groups excluding carboxylic acids is 1. The quantitative estimate of drug-likeness (QED) is 0.765. The van der Waals surface area contributed by atoms with E-state index in [1.54, 1.807) is 11.0 Å². The van der Waals surface area contributed by atoms with E-state index in [9.17, 15) is 4.79 Å². The number of rotatable bonds is 6. The van der Waals surface area contributed by atoms with Gasteiger partial charge in [-0.05, 0) is 58.0 Å². The van der Waals surface area contributed by atoms with E-state index in [2.05, 4.69) is 29.1 Å². The van der Waals surface area contributed by atoms with Crippen molar-refractivity contribution >= 4 is 12.4 Å². The lowest BCUT2D eigenvalue weighted by atomic mass is 10.0. The first-order valence-electron chi connectivity index (χ1n) is 9.28. The number of aryl methyl sites for hydroxylation is 1. The van der Waals surface area contributed by atoms with Crippen molar-refractivity contribution in [2.75, 3.05) is 21.1 Å². The summed E-state index contributed by atoms with van der Waals surface area (Å²) in [4.78, 5) is 29.1. The lowest BCUT2D eigenvalue weighted by Gasteiger charge is -2.27. The van der Waals surface area contributed by atoms with Gasteiger partial charge in [0.1, 0.15) is 12.7 Å². The molecule has 2 aliphatic rings. The van der Waals surface area contributed by atoms with Crippen molar-refractivity contribution in [1.29, 1.82) is 0 Å². The molecule has 4 atom stereocenters. The Morgan fingerprint density at radius 3 is 2.27 bits per heavy atom. The Kier molecular flexibility index (Phi) is 7.56. The molecule has 2 aliphatic carbocycles. The minimum absolute atomic E-state index is 0.250. The first-order valence-corrected chi connectivity index (χ1v) is 9.28. The molecule has 3 rings (SSSR count). The molecule has 2 fully saturated rings. The summed E-state index contributed by atoms with van der Waals surface area (Å²) in [6.45, 7) is 0.514. The van der Waals surface area contributed by atoms with Gasteiger partial charge in [0, 0.05) is 32.1 Å². The van der Waals surface area contributed by atoms with Gasteiger partial charge in [-0.25, -0.2) is 4.98 Å². The fourth-order valence-electron chi connectivity index (χ4n) is 4.41. The van der Waals surface area contributed by atoms with E-state index in [-0.39, 0.29) is 12.4 Å². The molecule has 0 bridgehead atoms. The third kappa shape index (κ3) is 5.27. The number of hydrogen-bond donors (Lipinski definition) is 1. The van der Waals surface area contributed by atoms with Crippen LogP contribution >= 0.6 is 0 Å². The molecule has 0 aliphatic heterocycles. The molecule has 1 amide bonds. The average molecular weight is 365 g/mol. The summed E-state index contributed by atoms with van der Waals surface area (Å²) in [6, 6.07) is 1.20.